The SMILES string of the molecule is CS(=O)(=O)N(CCN1CCOCC1)c1nc2oc(-c3ccc(F)cc3)c(C(N)=O)c2cc1CI. The van der Waals surface area contributed by atoms with E-state index in [9.17, 15) is 17.6 Å². The monoisotopic (exact) mass is 602 g/mol. The fourth-order valence-corrected chi connectivity index (χ4v) is 5.35. The standard InChI is InChI=1S/C22H24FIN4O5S/c1-34(30,31)28(7-6-27-8-10-32-11-9-27)21-15(13-24)12-17-18(20(25)29)19(33-22(17)26-21)14-2-4-16(23)5-3-14/h2-5,12H,6-11,13H2,1H3,(H2,25,29). The van der Waals surface area contributed by atoms with Gasteiger partial charge in [0.1, 0.15) is 17.4 Å². The van der Waals surface area contributed by atoms with Crippen LogP contribution in [0, 0.1) is 5.82 Å². The topological polar surface area (TPSA) is 119 Å². The van der Waals surface area contributed by atoms with Crippen LogP contribution in [0.1, 0.15) is 15.9 Å². The van der Waals surface area contributed by atoms with Gasteiger partial charge in [0.25, 0.3) is 5.91 Å². The molecule has 182 valence electrons. The summed E-state index contributed by atoms with van der Waals surface area (Å²) < 4.78 is 51.9. The van der Waals surface area contributed by atoms with Gasteiger partial charge >= 0.3 is 0 Å². The third-order valence-corrected chi connectivity index (χ3v) is 7.57. The van der Waals surface area contributed by atoms with Crippen molar-refractivity contribution in [3.8, 4) is 11.3 Å². The van der Waals surface area contributed by atoms with Crippen LogP contribution in [0.15, 0.2) is 34.7 Å². The van der Waals surface area contributed by atoms with Crippen molar-refractivity contribution in [2.24, 2.45) is 5.73 Å². The first-order valence-electron chi connectivity index (χ1n) is 10.5. The van der Waals surface area contributed by atoms with Crippen LogP contribution >= 0.6 is 22.6 Å². The molecule has 4 rings (SSSR count). The van der Waals surface area contributed by atoms with Crippen molar-refractivity contribution in [2.45, 2.75) is 4.43 Å². The van der Waals surface area contributed by atoms with Crippen LogP contribution in [0.4, 0.5) is 10.2 Å². The second kappa shape index (κ2) is 10.1. The van der Waals surface area contributed by atoms with Gasteiger partial charge in [-0.3, -0.25) is 14.0 Å². The number of aromatic nitrogens is 1. The summed E-state index contributed by atoms with van der Waals surface area (Å²) in [6.45, 7) is 3.39. The Kier molecular flexibility index (Phi) is 7.40. The zero-order valence-electron chi connectivity index (χ0n) is 18.5. The number of anilines is 1. The largest absolute Gasteiger partial charge is 0.437 e. The van der Waals surface area contributed by atoms with E-state index in [1.54, 1.807) is 6.07 Å². The zero-order chi connectivity index (χ0) is 24.5. The molecule has 0 bridgehead atoms. The number of sulfonamides is 1. The Balaban J connectivity index is 1.81. The maximum absolute atomic E-state index is 13.4. The summed E-state index contributed by atoms with van der Waals surface area (Å²) >= 11 is 2.12. The van der Waals surface area contributed by atoms with E-state index in [0.717, 1.165) is 19.3 Å². The molecule has 0 saturated carbocycles. The van der Waals surface area contributed by atoms with Crippen molar-refractivity contribution in [1.82, 2.24) is 9.88 Å². The first kappa shape index (κ1) is 24.8. The molecule has 0 radical (unpaired) electrons. The number of hydrogen-bond acceptors (Lipinski definition) is 7. The average Bonchev–Trinajstić information content (AvgIpc) is 3.17. The van der Waals surface area contributed by atoms with Crippen LogP contribution in [0.2, 0.25) is 0 Å². The third kappa shape index (κ3) is 5.19. The second-order valence-corrected chi connectivity index (χ2v) is 10.6. The molecule has 1 aromatic carbocycles. The van der Waals surface area contributed by atoms with Crippen molar-refractivity contribution in [3.05, 3.63) is 47.3 Å². The number of pyridine rings is 1. The van der Waals surface area contributed by atoms with Gasteiger partial charge in [-0.2, -0.15) is 4.98 Å². The minimum absolute atomic E-state index is 0.0803. The molecule has 1 saturated heterocycles. The first-order chi connectivity index (χ1) is 16.2. The number of carbonyl (C=O) groups excluding carboxylic acids is 1. The molecular weight excluding hydrogens is 578 g/mol. The highest BCUT2D eigenvalue weighted by Crippen LogP contribution is 2.36. The minimum atomic E-state index is -3.66. The number of benzene rings is 1. The molecule has 12 heteroatoms. The normalized spacial score (nSPS) is 15.0. The highest BCUT2D eigenvalue weighted by atomic mass is 127. The van der Waals surface area contributed by atoms with Crippen LogP contribution < -0.4 is 10.0 Å². The number of fused-ring (bicyclic) bond motifs is 1. The van der Waals surface area contributed by atoms with Gasteiger partial charge < -0.3 is 14.9 Å². The number of morpholine rings is 1. The number of halogens is 2. The number of hydrogen-bond donors (Lipinski definition) is 1. The molecule has 3 heterocycles. The molecule has 1 amide bonds. The summed E-state index contributed by atoms with van der Waals surface area (Å²) in [5.41, 5.74) is 6.93. The molecular formula is C22H24FIN4O5S. The Bertz CT molecular complexity index is 1310. The van der Waals surface area contributed by atoms with Gasteiger partial charge in [0.2, 0.25) is 15.7 Å². The van der Waals surface area contributed by atoms with E-state index in [1.807, 2.05) is 0 Å². The van der Waals surface area contributed by atoms with Crippen LogP contribution in [0.25, 0.3) is 22.4 Å². The quantitative estimate of drug-likeness (QED) is 0.311. The van der Waals surface area contributed by atoms with Gasteiger partial charge in [-0.1, -0.05) is 22.6 Å². The van der Waals surface area contributed by atoms with E-state index in [2.05, 4.69) is 32.5 Å². The van der Waals surface area contributed by atoms with E-state index >= 15 is 0 Å². The minimum Gasteiger partial charge on any atom is -0.437 e. The zero-order valence-corrected chi connectivity index (χ0v) is 21.4. The molecule has 2 aromatic heterocycles. The smallest absolute Gasteiger partial charge is 0.253 e. The van der Waals surface area contributed by atoms with Crippen molar-refractivity contribution in [1.29, 1.82) is 0 Å². The summed E-state index contributed by atoms with van der Waals surface area (Å²) in [7, 11) is -3.66. The first-order valence-corrected chi connectivity index (χ1v) is 13.9. The lowest BCUT2D eigenvalue weighted by Crippen LogP contribution is -2.43. The molecule has 1 aliphatic heterocycles. The number of carbonyl (C=O) groups is 1. The summed E-state index contributed by atoms with van der Waals surface area (Å²) in [6, 6.07) is 7.14. The molecule has 0 atom stereocenters. The fourth-order valence-electron chi connectivity index (χ4n) is 3.90. The predicted octanol–water partition coefficient (Wildman–Crippen LogP) is 2.77. The van der Waals surface area contributed by atoms with Crippen molar-refractivity contribution >= 4 is 55.4 Å². The predicted molar refractivity (Wildman–Crippen MR) is 135 cm³/mol. The molecule has 0 unspecified atom stereocenters. The molecule has 1 fully saturated rings. The van der Waals surface area contributed by atoms with Crippen LogP contribution in [0.3, 0.4) is 0 Å². The number of ether oxygens (including phenoxy) is 1. The van der Waals surface area contributed by atoms with Gasteiger partial charge in [-0.05, 0) is 30.3 Å². The van der Waals surface area contributed by atoms with E-state index in [1.165, 1.54) is 28.6 Å². The summed E-state index contributed by atoms with van der Waals surface area (Å²) in [4.78, 5) is 19.0. The number of nitrogens with two attached hydrogens (primary N) is 1. The van der Waals surface area contributed by atoms with E-state index in [-0.39, 0.29) is 29.4 Å². The number of furan rings is 1. The van der Waals surface area contributed by atoms with Crippen molar-refractivity contribution in [2.75, 3.05) is 50.0 Å². The highest BCUT2D eigenvalue weighted by molar-refractivity contribution is 14.1. The maximum Gasteiger partial charge on any atom is 0.253 e. The molecule has 34 heavy (non-hydrogen) atoms. The lowest BCUT2D eigenvalue weighted by molar-refractivity contribution is 0.0395. The summed E-state index contributed by atoms with van der Waals surface area (Å²) in [5, 5.41) is 0.379. The van der Waals surface area contributed by atoms with E-state index in [4.69, 9.17) is 14.9 Å². The number of alkyl halides is 1. The van der Waals surface area contributed by atoms with E-state index < -0.39 is 21.7 Å². The van der Waals surface area contributed by atoms with Crippen LogP contribution in [-0.2, 0) is 19.2 Å². The molecule has 0 spiro atoms. The number of nitrogens with zero attached hydrogens (tertiary/aromatic N) is 3. The third-order valence-electron chi connectivity index (χ3n) is 5.60. The van der Waals surface area contributed by atoms with Gasteiger partial charge in [0.05, 0.1) is 30.4 Å². The van der Waals surface area contributed by atoms with Gasteiger partial charge in [-0.15, -0.1) is 0 Å². The number of rotatable bonds is 8. The molecule has 2 N–H and O–H groups in total. The lowest BCUT2D eigenvalue weighted by Gasteiger charge is -2.30. The van der Waals surface area contributed by atoms with E-state index in [0.29, 0.717) is 40.7 Å². The van der Waals surface area contributed by atoms with Crippen molar-refractivity contribution < 1.29 is 26.8 Å². The Labute approximate surface area is 210 Å². The van der Waals surface area contributed by atoms with Crippen LogP contribution in [0.5, 0.6) is 0 Å². The highest BCUT2D eigenvalue weighted by Gasteiger charge is 2.27. The fraction of sp³-hybridized carbons (Fsp3) is 0.364. The lowest BCUT2D eigenvalue weighted by atomic mass is 10.0. The number of amides is 1. The Morgan fingerprint density at radius 1 is 1.26 bits per heavy atom. The average molecular weight is 602 g/mol. The Hall–Kier alpha value is -2.29. The molecule has 1 aliphatic rings. The van der Waals surface area contributed by atoms with Gasteiger partial charge in [0.15, 0.2) is 0 Å². The second-order valence-electron chi connectivity index (χ2n) is 7.92. The number of primary amides is 1. The van der Waals surface area contributed by atoms with Crippen molar-refractivity contribution in [3.63, 3.8) is 0 Å². The summed E-state index contributed by atoms with van der Waals surface area (Å²) in [6.07, 6.45) is 1.14. The Morgan fingerprint density at radius 2 is 1.94 bits per heavy atom. The molecule has 0 aliphatic carbocycles. The molecule has 3 aromatic rings. The molecule has 9 nitrogen and oxygen atoms in total. The Morgan fingerprint density at radius 3 is 2.53 bits per heavy atom. The van der Waals surface area contributed by atoms with Gasteiger partial charge in [0, 0.05) is 41.7 Å². The maximum atomic E-state index is 13.4. The van der Waals surface area contributed by atoms with Gasteiger partial charge in [-0.25, -0.2) is 12.8 Å². The van der Waals surface area contributed by atoms with Crippen LogP contribution in [-0.4, -0.2) is 69.9 Å². The summed E-state index contributed by atoms with van der Waals surface area (Å²) in [5.74, 6) is -0.754.